The number of aryl methyl sites for hydroxylation is 1. The Kier molecular flexibility index (Phi) is 2.94. The van der Waals surface area contributed by atoms with Crippen molar-refractivity contribution < 1.29 is 23.2 Å². The highest BCUT2D eigenvalue weighted by atomic mass is 19.1. The standard InChI is InChI=1S/C17H12FN3O4/c1-3-17(15(23)19-16(24)20-17)7-21-6-10-5-9-4-8(2)25-13(9)12(18)11(10)14(21)22/h1,4-5H,6-7H2,2H3,(H2,19,20,23,24). The molecule has 0 radical (unpaired) electrons. The maximum absolute atomic E-state index is 14.7. The van der Waals surface area contributed by atoms with Gasteiger partial charge in [0.2, 0.25) is 0 Å². The lowest BCUT2D eigenvalue weighted by Gasteiger charge is -2.26. The van der Waals surface area contributed by atoms with Crippen LogP contribution < -0.4 is 10.6 Å². The maximum atomic E-state index is 14.7. The van der Waals surface area contributed by atoms with Gasteiger partial charge in [-0.25, -0.2) is 9.18 Å². The molecule has 25 heavy (non-hydrogen) atoms. The number of nitrogens with zero attached hydrogens (tertiary/aromatic N) is 1. The molecule has 2 aliphatic rings. The Labute approximate surface area is 141 Å². The predicted molar refractivity (Wildman–Crippen MR) is 83.9 cm³/mol. The molecule has 1 fully saturated rings. The molecule has 0 bridgehead atoms. The third kappa shape index (κ3) is 2.02. The number of urea groups is 1. The van der Waals surface area contributed by atoms with Crippen LogP contribution in [0, 0.1) is 25.1 Å². The van der Waals surface area contributed by atoms with Crippen molar-refractivity contribution >= 4 is 28.8 Å². The molecule has 4 rings (SSSR count). The van der Waals surface area contributed by atoms with E-state index in [0.29, 0.717) is 16.7 Å². The second-order valence-corrected chi connectivity index (χ2v) is 6.12. The van der Waals surface area contributed by atoms with Crippen LogP contribution in [0.25, 0.3) is 11.0 Å². The van der Waals surface area contributed by atoms with E-state index >= 15 is 0 Å². The Morgan fingerprint density at radius 3 is 2.80 bits per heavy atom. The fourth-order valence-corrected chi connectivity index (χ4v) is 3.28. The Balaban J connectivity index is 1.72. The highest BCUT2D eigenvalue weighted by Crippen LogP contribution is 2.33. The monoisotopic (exact) mass is 341 g/mol. The lowest BCUT2D eigenvalue weighted by molar-refractivity contribution is -0.122. The molecule has 8 heteroatoms. The molecule has 4 amide bonds. The lowest BCUT2D eigenvalue weighted by Crippen LogP contribution is -2.54. The Morgan fingerprint density at radius 2 is 2.16 bits per heavy atom. The fourth-order valence-electron chi connectivity index (χ4n) is 3.28. The van der Waals surface area contributed by atoms with Crippen LogP contribution in [0.5, 0.6) is 0 Å². The van der Waals surface area contributed by atoms with E-state index in [-0.39, 0.29) is 24.2 Å². The van der Waals surface area contributed by atoms with E-state index in [9.17, 15) is 18.8 Å². The summed E-state index contributed by atoms with van der Waals surface area (Å²) < 4.78 is 20.0. The number of rotatable bonds is 2. The highest BCUT2D eigenvalue weighted by Gasteiger charge is 2.48. The summed E-state index contributed by atoms with van der Waals surface area (Å²) in [5.41, 5.74) is -1.27. The summed E-state index contributed by atoms with van der Waals surface area (Å²) in [6.07, 6.45) is 5.41. The van der Waals surface area contributed by atoms with E-state index in [0.717, 1.165) is 0 Å². The van der Waals surface area contributed by atoms with Crippen molar-refractivity contribution in [3.8, 4) is 12.3 Å². The first kappa shape index (κ1) is 15.2. The summed E-state index contributed by atoms with van der Waals surface area (Å²) in [6, 6.07) is 2.63. The number of carbonyl (C=O) groups is 3. The first-order valence-corrected chi connectivity index (χ1v) is 7.47. The molecule has 1 aromatic carbocycles. The minimum Gasteiger partial charge on any atom is -0.458 e. The second-order valence-electron chi connectivity index (χ2n) is 6.12. The molecule has 1 atom stereocenters. The van der Waals surface area contributed by atoms with Crippen LogP contribution in [0.4, 0.5) is 9.18 Å². The number of amides is 4. The predicted octanol–water partition coefficient (Wildman–Crippen LogP) is 1.05. The van der Waals surface area contributed by atoms with Gasteiger partial charge in [0.25, 0.3) is 11.8 Å². The molecular formula is C17H12FN3O4. The van der Waals surface area contributed by atoms with Crippen molar-refractivity contribution in [2.24, 2.45) is 0 Å². The van der Waals surface area contributed by atoms with E-state index < -0.39 is 29.2 Å². The molecular weight excluding hydrogens is 329 g/mol. The molecule has 1 unspecified atom stereocenters. The summed E-state index contributed by atoms with van der Waals surface area (Å²) >= 11 is 0. The van der Waals surface area contributed by atoms with Gasteiger partial charge in [-0.05, 0) is 24.6 Å². The van der Waals surface area contributed by atoms with Gasteiger partial charge < -0.3 is 14.6 Å². The largest absolute Gasteiger partial charge is 0.458 e. The normalized spacial score (nSPS) is 22.1. The van der Waals surface area contributed by atoms with Gasteiger partial charge in [-0.3, -0.25) is 14.9 Å². The van der Waals surface area contributed by atoms with Crippen molar-refractivity contribution in [2.45, 2.75) is 19.0 Å². The van der Waals surface area contributed by atoms with Crippen molar-refractivity contribution in [1.29, 1.82) is 0 Å². The number of carbonyl (C=O) groups excluding carboxylic acids is 3. The van der Waals surface area contributed by atoms with Crippen LogP contribution in [-0.2, 0) is 11.3 Å². The van der Waals surface area contributed by atoms with Crippen LogP contribution in [0.3, 0.4) is 0 Å². The molecule has 0 saturated carbocycles. The molecule has 0 spiro atoms. The first-order valence-electron chi connectivity index (χ1n) is 7.47. The topological polar surface area (TPSA) is 91.7 Å². The van der Waals surface area contributed by atoms with Crippen LogP contribution >= 0.6 is 0 Å². The summed E-state index contributed by atoms with van der Waals surface area (Å²) in [5.74, 6) is 0.719. The van der Waals surface area contributed by atoms with Crippen LogP contribution in [0.15, 0.2) is 16.5 Å². The van der Waals surface area contributed by atoms with Gasteiger partial charge in [-0.1, -0.05) is 5.92 Å². The molecule has 2 aliphatic heterocycles. The summed E-state index contributed by atoms with van der Waals surface area (Å²) in [7, 11) is 0. The molecule has 3 heterocycles. The average molecular weight is 341 g/mol. The van der Waals surface area contributed by atoms with E-state index in [1.165, 1.54) is 4.90 Å². The zero-order chi connectivity index (χ0) is 17.9. The van der Waals surface area contributed by atoms with Crippen LogP contribution in [0.2, 0.25) is 0 Å². The highest BCUT2D eigenvalue weighted by molar-refractivity contribution is 6.10. The Morgan fingerprint density at radius 1 is 1.40 bits per heavy atom. The van der Waals surface area contributed by atoms with Gasteiger partial charge in [0.1, 0.15) is 5.76 Å². The van der Waals surface area contributed by atoms with Crippen molar-refractivity contribution in [3.63, 3.8) is 0 Å². The number of nitrogens with one attached hydrogen (secondary N) is 2. The average Bonchev–Trinajstić information content (AvgIpc) is 3.15. The van der Waals surface area contributed by atoms with Crippen LogP contribution in [0.1, 0.15) is 21.7 Å². The minimum atomic E-state index is -1.67. The number of furan rings is 1. The van der Waals surface area contributed by atoms with E-state index in [2.05, 4.69) is 16.6 Å². The molecule has 1 aromatic heterocycles. The van der Waals surface area contributed by atoms with Gasteiger partial charge in [0, 0.05) is 11.9 Å². The number of halogens is 1. The summed E-state index contributed by atoms with van der Waals surface area (Å²) in [4.78, 5) is 37.3. The summed E-state index contributed by atoms with van der Waals surface area (Å²) in [5, 5.41) is 4.96. The summed E-state index contributed by atoms with van der Waals surface area (Å²) in [6.45, 7) is 1.52. The fraction of sp³-hybridized carbons (Fsp3) is 0.235. The van der Waals surface area contributed by atoms with Crippen molar-refractivity contribution in [2.75, 3.05) is 6.54 Å². The number of hydrogen-bond acceptors (Lipinski definition) is 4. The molecule has 2 aromatic rings. The number of terminal acetylenes is 1. The smallest absolute Gasteiger partial charge is 0.323 e. The van der Waals surface area contributed by atoms with Gasteiger partial charge in [-0.15, -0.1) is 6.42 Å². The number of fused-ring (bicyclic) bond motifs is 2. The third-order valence-electron chi connectivity index (χ3n) is 4.43. The van der Waals surface area contributed by atoms with E-state index in [1.54, 1.807) is 19.1 Å². The molecule has 2 N–H and O–H groups in total. The van der Waals surface area contributed by atoms with E-state index in [4.69, 9.17) is 10.8 Å². The zero-order valence-electron chi connectivity index (χ0n) is 13.1. The van der Waals surface area contributed by atoms with Gasteiger partial charge in [-0.2, -0.15) is 0 Å². The maximum Gasteiger partial charge on any atom is 0.323 e. The van der Waals surface area contributed by atoms with Crippen molar-refractivity contribution in [1.82, 2.24) is 15.5 Å². The second kappa shape index (κ2) is 4.83. The lowest BCUT2D eigenvalue weighted by atomic mass is 10.0. The SMILES string of the molecule is C#CC1(CN2Cc3cc4cc(C)oc4c(F)c3C2=O)NC(=O)NC1=O. The Hall–Kier alpha value is -3.34. The number of imide groups is 1. The molecule has 126 valence electrons. The molecule has 0 aliphatic carbocycles. The molecule has 1 saturated heterocycles. The number of benzene rings is 1. The number of hydrogen-bond donors (Lipinski definition) is 2. The van der Waals surface area contributed by atoms with E-state index in [1.807, 2.05) is 0 Å². The molecule has 7 nitrogen and oxygen atoms in total. The quantitative estimate of drug-likeness (QED) is 0.631. The zero-order valence-corrected chi connectivity index (χ0v) is 13.1. The first-order chi connectivity index (χ1) is 11.8. The van der Waals surface area contributed by atoms with Gasteiger partial charge in [0.05, 0.1) is 12.1 Å². The van der Waals surface area contributed by atoms with Crippen molar-refractivity contribution in [3.05, 3.63) is 34.8 Å². The minimum absolute atomic E-state index is 0.0185. The van der Waals surface area contributed by atoms with Gasteiger partial charge in [0.15, 0.2) is 16.9 Å². The van der Waals surface area contributed by atoms with Gasteiger partial charge >= 0.3 is 6.03 Å². The third-order valence-corrected chi connectivity index (χ3v) is 4.43. The van der Waals surface area contributed by atoms with Crippen LogP contribution in [-0.4, -0.2) is 34.8 Å². The Bertz CT molecular complexity index is 1020.